The lowest BCUT2D eigenvalue weighted by Gasteiger charge is -2.38. The van der Waals surface area contributed by atoms with Crippen LogP contribution < -0.4 is 14.2 Å². The van der Waals surface area contributed by atoms with Crippen molar-refractivity contribution in [3.63, 3.8) is 0 Å². The van der Waals surface area contributed by atoms with E-state index in [9.17, 15) is 9.59 Å². The van der Waals surface area contributed by atoms with E-state index in [2.05, 4.69) is 0 Å². The molecule has 0 bridgehead atoms. The van der Waals surface area contributed by atoms with Crippen molar-refractivity contribution in [2.75, 3.05) is 21.3 Å². The fourth-order valence-electron chi connectivity index (χ4n) is 4.30. The number of imide groups is 1. The molecular weight excluding hydrogens is 370 g/mol. The fourth-order valence-corrected chi connectivity index (χ4v) is 4.30. The van der Waals surface area contributed by atoms with Gasteiger partial charge in [-0.15, -0.1) is 0 Å². The van der Waals surface area contributed by atoms with E-state index in [4.69, 9.17) is 14.2 Å². The maximum Gasteiger partial charge on any atom is 0.253 e. The van der Waals surface area contributed by atoms with Gasteiger partial charge in [0.2, 0.25) is 5.75 Å². The molecule has 1 aliphatic carbocycles. The quantitative estimate of drug-likeness (QED) is 0.677. The van der Waals surface area contributed by atoms with E-state index in [1.54, 1.807) is 39.5 Å². The lowest BCUT2D eigenvalue weighted by atomic mass is 9.81. The molecule has 1 unspecified atom stereocenters. The van der Waals surface area contributed by atoms with Crippen molar-refractivity contribution in [3.05, 3.63) is 35.9 Å². The van der Waals surface area contributed by atoms with Crippen LogP contribution in [-0.2, 0) is 9.59 Å². The Hall–Kier alpha value is -2.76. The van der Waals surface area contributed by atoms with Crippen LogP contribution in [0.3, 0.4) is 0 Å². The van der Waals surface area contributed by atoms with Crippen LogP contribution in [0.15, 0.2) is 30.4 Å². The molecule has 1 saturated carbocycles. The second-order valence-electron chi connectivity index (χ2n) is 7.44. The van der Waals surface area contributed by atoms with Crippen molar-refractivity contribution in [1.82, 2.24) is 4.90 Å². The van der Waals surface area contributed by atoms with Gasteiger partial charge < -0.3 is 14.2 Å². The van der Waals surface area contributed by atoms with Crippen LogP contribution in [0.5, 0.6) is 17.2 Å². The van der Waals surface area contributed by atoms with Gasteiger partial charge in [0.25, 0.3) is 11.8 Å². The third-order valence-electron chi connectivity index (χ3n) is 5.74. The maximum atomic E-state index is 13.0. The zero-order valence-corrected chi connectivity index (χ0v) is 17.3. The predicted octanol–water partition coefficient (Wildman–Crippen LogP) is 3.99. The molecule has 0 spiro atoms. The Bertz CT molecular complexity index is 782. The van der Waals surface area contributed by atoms with Crippen molar-refractivity contribution in [2.24, 2.45) is 5.92 Å². The molecule has 2 amide bonds. The molecule has 156 valence electrons. The predicted molar refractivity (Wildman–Crippen MR) is 111 cm³/mol. The Kier molecular flexibility index (Phi) is 6.96. The first kappa shape index (κ1) is 21.0. The molecular formula is C23H29NO5. The van der Waals surface area contributed by atoms with Gasteiger partial charge in [-0.2, -0.15) is 0 Å². The molecule has 3 rings (SSSR count). The molecule has 6 heteroatoms. The van der Waals surface area contributed by atoms with Gasteiger partial charge >= 0.3 is 0 Å². The minimum absolute atomic E-state index is 0.0510. The summed E-state index contributed by atoms with van der Waals surface area (Å²) in [4.78, 5) is 26.9. The average molecular weight is 399 g/mol. The number of hydrogen-bond donors (Lipinski definition) is 0. The van der Waals surface area contributed by atoms with E-state index in [1.165, 1.54) is 36.3 Å². The fraction of sp³-hybridized carbons (Fsp3) is 0.478. The highest BCUT2D eigenvalue weighted by molar-refractivity contribution is 6.07. The molecule has 29 heavy (non-hydrogen) atoms. The Morgan fingerprint density at radius 1 is 1.03 bits per heavy atom. The number of carbonyl (C=O) groups excluding carboxylic acids is 2. The van der Waals surface area contributed by atoms with Gasteiger partial charge in [0.1, 0.15) is 0 Å². The topological polar surface area (TPSA) is 65.1 Å². The highest BCUT2D eigenvalue weighted by atomic mass is 16.5. The first-order valence-electron chi connectivity index (χ1n) is 10.1. The van der Waals surface area contributed by atoms with Gasteiger partial charge in [-0.25, -0.2) is 0 Å². The number of rotatable bonds is 6. The number of hydrogen-bond acceptors (Lipinski definition) is 5. The molecule has 1 aliphatic heterocycles. The summed E-state index contributed by atoms with van der Waals surface area (Å²) in [5.41, 5.74) is 0.724. The lowest BCUT2D eigenvalue weighted by molar-refractivity contribution is -0.143. The molecule has 1 aromatic rings. The number of ether oxygens (including phenoxy) is 3. The van der Waals surface area contributed by atoms with Crippen LogP contribution >= 0.6 is 0 Å². The van der Waals surface area contributed by atoms with Crippen LogP contribution in [-0.4, -0.2) is 44.1 Å². The van der Waals surface area contributed by atoms with E-state index < -0.39 is 0 Å². The summed E-state index contributed by atoms with van der Waals surface area (Å²) in [5.74, 6) is 1.38. The third-order valence-corrected chi connectivity index (χ3v) is 5.74. The number of carbonyl (C=O) groups is 2. The minimum Gasteiger partial charge on any atom is -0.493 e. The van der Waals surface area contributed by atoms with Gasteiger partial charge in [-0.1, -0.05) is 25.3 Å². The second-order valence-corrected chi connectivity index (χ2v) is 7.44. The van der Waals surface area contributed by atoms with Crippen molar-refractivity contribution in [1.29, 1.82) is 0 Å². The largest absolute Gasteiger partial charge is 0.493 e. The Balaban J connectivity index is 1.83. The summed E-state index contributed by atoms with van der Waals surface area (Å²) in [7, 11) is 4.63. The molecule has 0 N–H and O–H groups in total. The molecule has 0 radical (unpaired) electrons. The van der Waals surface area contributed by atoms with E-state index in [0.717, 1.165) is 24.8 Å². The van der Waals surface area contributed by atoms with Gasteiger partial charge in [0.05, 0.1) is 21.3 Å². The van der Waals surface area contributed by atoms with Gasteiger partial charge in [-0.3, -0.25) is 14.5 Å². The van der Waals surface area contributed by atoms with Gasteiger partial charge in [0, 0.05) is 12.1 Å². The first-order chi connectivity index (χ1) is 14.1. The van der Waals surface area contributed by atoms with Crippen molar-refractivity contribution < 1.29 is 23.8 Å². The van der Waals surface area contributed by atoms with E-state index >= 15 is 0 Å². The van der Waals surface area contributed by atoms with E-state index in [1.807, 2.05) is 6.08 Å². The van der Waals surface area contributed by atoms with Gasteiger partial charge in [0.15, 0.2) is 11.5 Å². The molecule has 1 atom stereocenters. The van der Waals surface area contributed by atoms with E-state index in [0.29, 0.717) is 23.2 Å². The third kappa shape index (κ3) is 4.63. The van der Waals surface area contributed by atoms with E-state index in [-0.39, 0.29) is 17.9 Å². The second kappa shape index (κ2) is 9.63. The minimum atomic E-state index is -0.288. The summed E-state index contributed by atoms with van der Waals surface area (Å²) in [6.07, 6.45) is 13.0. The number of methoxy groups -OCH3 is 3. The Morgan fingerprint density at radius 2 is 1.69 bits per heavy atom. The average Bonchev–Trinajstić information content (AvgIpc) is 2.76. The van der Waals surface area contributed by atoms with Crippen LogP contribution in [0.2, 0.25) is 0 Å². The summed E-state index contributed by atoms with van der Waals surface area (Å²) in [6.45, 7) is 0. The zero-order valence-electron chi connectivity index (χ0n) is 17.3. The van der Waals surface area contributed by atoms with Crippen molar-refractivity contribution >= 4 is 17.9 Å². The standard InChI is InChI=1S/C23H29NO5/c1-27-19-14-16(15-20(28-2)23(19)29-3)12-13-22(26)24-18(10-7-11-21(24)25)17-8-5-4-6-9-17/h7,11-15,17-18H,4-6,8-10H2,1-3H3. The summed E-state index contributed by atoms with van der Waals surface area (Å²) in [6, 6.07) is 3.48. The normalized spacial score (nSPS) is 20.2. The SMILES string of the molecule is COc1cc(C=CC(=O)N2C(=O)C=CCC2C2CCCCC2)cc(OC)c1OC. The summed E-state index contributed by atoms with van der Waals surface area (Å²) >= 11 is 0. The Morgan fingerprint density at radius 3 is 2.28 bits per heavy atom. The molecule has 2 aliphatic rings. The van der Waals surface area contributed by atoms with Crippen LogP contribution in [0.1, 0.15) is 44.1 Å². The highest BCUT2D eigenvalue weighted by Crippen LogP contribution is 2.38. The van der Waals surface area contributed by atoms with Gasteiger partial charge in [-0.05, 0) is 55.0 Å². The lowest BCUT2D eigenvalue weighted by Crippen LogP contribution is -2.49. The monoisotopic (exact) mass is 399 g/mol. The van der Waals surface area contributed by atoms with Crippen LogP contribution in [0.4, 0.5) is 0 Å². The molecule has 0 saturated heterocycles. The molecule has 6 nitrogen and oxygen atoms in total. The van der Waals surface area contributed by atoms with Crippen LogP contribution in [0.25, 0.3) is 6.08 Å². The first-order valence-corrected chi connectivity index (χ1v) is 10.1. The molecule has 1 fully saturated rings. The zero-order chi connectivity index (χ0) is 20.8. The molecule has 1 heterocycles. The van der Waals surface area contributed by atoms with Crippen molar-refractivity contribution in [3.8, 4) is 17.2 Å². The van der Waals surface area contributed by atoms with Crippen molar-refractivity contribution in [2.45, 2.75) is 44.6 Å². The molecule has 0 aromatic heterocycles. The summed E-state index contributed by atoms with van der Waals surface area (Å²) in [5, 5.41) is 0. The summed E-state index contributed by atoms with van der Waals surface area (Å²) < 4.78 is 16.0. The highest BCUT2D eigenvalue weighted by Gasteiger charge is 2.35. The van der Waals surface area contributed by atoms with Crippen LogP contribution in [0, 0.1) is 5.92 Å². The molecule has 1 aromatic carbocycles. The Labute approximate surface area is 172 Å². The number of benzene rings is 1. The number of nitrogens with zero attached hydrogens (tertiary/aromatic N) is 1. The number of amides is 2. The smallest absolute Gasteiger partial charge is 0.253 e. The maximum absolute atomic E-state index is 13.0.